The van der Waals surface area contributed by atoms with E-state index >= 15 is 0 Å². The summed E-state index contributed by atoms with van der Waals surface area (Å²) in [7, 11) is 0. The Balaban J connectivity index is 1.93. The van der Waals surface area contributed by atoms with Crippen molar-refractivity contribution in [1.82, 2.24) is 25.5 Å². The van der Waals surface area contributed by atoms with Crippen molar-refractivity contribution in [3.63, 3.8) is 0 Å². The van der Waals surface area contributed by atoms with Gasteiger partial charge in [0.1, 0.15) is 5.82 Å². The molecule has 2 aromatic heterocycles. The van der Waals surface area contributed by atoms with Crippen molar-refractivity contribution in [3.8, 4) is 0 Å². The highest BCUT2D eigenvalue weighted by molar-refractivity contribution is 5.29. The van der Waals surface area contributed by atoms with Gasteiger partial charge in [-0.15, -0.1) is 5.11 Å². The van der Waals surface area contributed by atoms with Crippen molar-refractivity contribution < 1.29 is 0 Å². The third-order valence-corrected chi connectivity index (χ3v) is 1.73. The van der Waals surface area contributed by atoms with Crippen molar-refractivity contribution in [2.75, 3.05) is 5.43 Å². The second-order valence-corrected chi connectivity index (χ2v) is 2.99. The van der Waals surface area contributed by atoms with Crippen molar-refractivity contribution in [2.45, 2.75) is 0 Å². The number of hydrogen-bond donors (Lipinski definition) is 4. The molecule has 0 aromatic carbocycles. The zero-order chi connectivity index (χ0) is 12.8. The van der Waals surface area contributed by atoms with Gasteiger partial charge in [-0.25, -0.2) is 25.1 Å². The fraction of sp³-hybridized carbons (Fsp3) is 0. The molecule has 0 aliphatic rings. The maximum absolute atomic E-state index is 10.8. The second-order valence-electron chi connectivity index (χ2n) is 2.99. The molecule has 0 unspecified atom stereocenters. The molecular formula is C8H8N8O2. The molecule has 0 saturated carbocycles. The monoisotopic (exact) mass is 248 g/mol. The molecule has 2 aromatic rings. The first-order valence-electron chi connectivity index (χ1n) is 4.76. The van der Waals surface area contributed by atoms with Crippen LogP contribution in [0.3, 0.4) is 0 Å². The molecule has 0 amide bonds. The summed E-state index contributed by atoms with van der Waals surface area (Å²) in [6.07, 6.45) is 2.64. The molecule has 10 nitrogen and oxygen atoms in total. The minimum atomic E-state index is -0.516. The normalized spacial score (nSPS) is 10.4. The highest BCUT2D eigenvalue weighted by atomic mass is 16.1. The van der Waals surface area contributed by atoms with Gasteiger partial charge in [0.2, 0.25) is 0 Å². The standard InChI is InChI=1S/C8H8N8O2/c17-7-9-3-1-5(11-7)13-15-16-14-6-2-4-10-8(18)12-6/h1-4H,(H2,9,11,13,16,17)(H2,10,12,14,15,18). The summed E-state index contributed by atoms with van der Waals surface area (Å²) in [4.78, 5) is 33.3. The van der Waals surface area contributed by atoms with E-state index in [1.807, 2.05) is 0 Å². The summed E-state index contributed by atoms with van der Waals surface area (Å²) in [6.45, 7) is 0. The van der Waals surface area contributed by atoms with Crippen LogP contribution in [0.1, 0.15) is 0 Å². The number of nitrogens with one attached hydrogen (secondary N) is 4. The van der Waals surface area contributed by atoms with Gasteiger partial charge in [0, 0.05) is 18.5 Å². The SMILES string of the molecule is O=c1nccc(N=NNNc2ccnc(=O)[nH]2)[nH]1. The van der Waals surface area contributed by atoms with E-state index in [0.29, 0.717) is 5.82 Å². The average molecular weight is 248 g/mol. The smallest absolute Gasteiger partial charge is 0.291 e. The number of anilines is 1. The number of nitrogens with zero attached hydrogens (tertiary/aromatic N) is 4. The van der Waals surface area contributed by atoms with Crippen LogP contribution in [0.5, 0.6) is 0 Å². The number of aromatic amines is 2. The second kappa shape index (κ2) is 5.34. The molecular weight excluding hydrogens is 240 g/mol. The van der Waals surface area contributed by atoms with Gasteiger partial charge in [0.05, 0.1) is 0 Å². The van der Waals surface area contributed by atoms with Crippen LogP contribution < -0.4 is 22.3 Å². The van der Waals surface area contributed by atoms with Crippen LogP contribution in [0.25, 0.3) is 0 Å². The fourth-order valence-corrected chi connectivity index (χ4v) is 1.02. The molecule has 0 saturated heterocycles. The Morgan fingerprint density at radius 2 is 1.78 bits per heavy atom. The molecule has 0 aliphatic carbocycles. The van der Waals surface area contributed by atoms with E-state index in [0.717, 1.165) is 0 Å². The van der Waals surface area contributed by atoms with Crippen LogP contribution in [0, 0.1) is 0 Å². The van der Waals surface area contributed by atoms with E-state index in [1.54, 1.807) is 0 Å². The lowest BCUT2D eigenvalue weighted by Crippen LogP contribution is -2.19. The first-order valence-corrected chi connectivity index (χ1v) is 4.76. The summed E-state index contributed by atoms with van der Waals surface area (Å²) >= 11 is 0. The minimum Gasteiger partial charge on any atom is -0.291 e. The molecule has 0 fully saturated rings. The van der Waals surface area contributed by atoms with Crippen LogP contribution in [0.15, 0.2) is 44.5 Å². The Morgan fingerprint density at radius 3 is 2.50 bits per heavy atom. The number of hydrazine groups is 1. The van der Waals surface area contributed by atoms with Crippen LogP contribution >= 0.6 is 0 Å². The van der Waals surface area contributed by atoms with Crippen molar-refractivity contribution in [2.24, 2.45) is 10.3 Å². The van der Waals surface area contributed by atoms with Gasteiger partial charge in [-0.3, -0.25) is 15.4 Å². The quantitative estimate of drug-likeness (QED) is 0.423. The molecule has 0 spiro atoms. The lowest BCUT2D eigenvalue weighted by atomic mass is 10.6. The van der Waals surface area contributed by atoms with Crippen LogP contribution in [-0.2, 0) is 0 Å². The zero-order valence-corrected chi connectivity index (χ0v) is 8.91. The van der Waals surface area contributed by atoms with Gasteiger partial charge in [0.15, 0.2) is 5.82 Å². The summed E-state index contributed by atoms with van der Waals surface area (Å²) in [5.41, 5.74) is 3.92. The molecule has 2 heterocycles. The van der Waals surface area contributed by atoms with Gasteiger partial charge in [-0.2, -0.15) is 0 Å². The first-order chi connectivity index (χ1) is 8.74. The Hall–Kier alpha value is -3.04. The predicted octanol–water partition coefficient (Wildman–Crippen LogP) is -0.531. The molecule has 0 atom stereocenters. The fourth-order valence-electron chi connectivity index (χ4n) is 1.02. The zero-order valence-electron chi connectivity index (χ0n) is 8.91. The van der Waals surface area contributed by atoms with Crippen LogP contribution in [0.4, 0.5) is 11.6 Å². The Bertz CT molecular complexity index is 660. The van der Waals surface area contributed by atoms with Crippen molar-refractivity contribution in [1.29, 1.82) is 0 Å². The maximum atomic E-state index is 10.8. The van der Waals surface area contributed by atoms with Gasteiger partial charge in [-0.05, 0) is 6.07 Å². The Labute approximate surface area is 99.2 Å². The number of rotatable bonds is 4. The summed E-state index contributed by atoms with van der Waals surface area (Å²) < 4.78 is 0. The average Bonchev–Trinajstić information content (AvgIpc) is 2.35. The van der Waals surface area contributed by atoms with Crippen LogP contribution in [-0.4, -0.2) is 19.9 Å². The van der Waals surface area contributed by atoms with E-state index < -0.39 is 11.4 Å². The number of H-pyrrole nitrogens is 2. The van der Waals surface area contributed by atoms with E-state index in [1.165, 1.54) is 24.5 Å². The molecule has 4 N–H and O–H groups in total. The molecule has 0 bridgehead atoms. The lowest BCUT2D eigenvalue weighted by Gasteiger charge is -2.01. The van der Waals surface area contributed by atoms with E-state index in [-0.39, 0.29) is 5.82 Å². The summed E-state index contributed by atoms with van der Waals surface area (Å²) in [6, 6.07) is 3.00. The van der Waals surface area contributed by atoms with Gasteiger partial charge >= 0.3 is 11.4 Å². The van der Waals surface area contributed by atoms with Gasteiger partial charge < -0.3 is 0 Å². The number of aromatic nitrogens is 4. The highest BCUT2D eigenvalue weighted by Crippen LogP contribution is 2.01. The highest BCUT2D eigenvalue weighted by Gasteiger charge is 1.91. The van der Waals surface area contributed by atoms with Gasteiger partial charge in [0.25, 0.3) is 0 Å². The Morgan fingerprint density at radius 1 is 1.06 bits per heavy atom. The molecule has 0 radical (unpaired) electrons. The minimum absolute atomic E-state index is 0.243. The Kier molecular flexibility index (Phi) is 3.39. The van der Waals surface area contributed by atoms with E-state index in [2.05, 4.69) is 41.2 Å². The third-order valence-electron chi connectivity index (χ3n) is 1.73. The molecule has 10 heteroatoms. The lowest BCUT2D eigenvalue weighted by molar-refractivity contribution is 0.789. The van der Waals surface area contributed by atoms with Crippen LogP contribution in [0.2, 0.25) is 0 Å². The van der Waals surface area contributed by atoms with E-state index in [9.17, 15) is 9.59 Å². The predicted molar refractivity (Wildman–Crippen MR) is 61.0 cm³/mol. The molecule has 2 rings (SSSR count). The third kappa shape index (κ3) is 3.23. The number of hydrogen-bond acceptors (Lipinski definition) is 7. The largest absolute Gasteiger partial charge is 0.346 e. The molecule has 92 valence electrons. The summed E-state index contributed by atoms with van der Waals surface area (Å²) in [5, 5.41) is 7.18. The van der Waals surface area contributed by atoms with Gasteiger partial charge in [-0.1, -0.05) is 5.22 Å². The van der Waals surface area contributed by atoms with E-state index in [4.69, 9.17) is 0 Å². The topological polar surface area (TPSA) is 140 Å². The van der Waals surface area contributed by atoms with Crippen molar-refractivity contribution >= 4 is 11.6 Å². The first kappa shape index (κ1) is 11.4. The summed E-state index contributed by atoms with van der Waals surface area (Å²) in [5.74, 6) is 0.615. The maximum Gasteiger partial charge on any atom is 0.346 e. The molecule has 0 aliphatic heterocycles. The molecule has 18 heavy (non-hydrogen) atoms. The van der Waals surface area contributed by atoms with Crippen molar-refractivity contribution in [3.05, 3.63) is 45.5 Å².